The fraction of sp³-hybridized carbons (Fsp3) is 0.143. The molecule has 0 fully saturated rings. The van der Waals surface area contributed by atoms with Gasteiger partial charge in [-0.3, -0.25) is 4.72 Å². The maximum Gasteiger partial charge on any atom is 0.265 e. The molecule has 0 aromatic heterocycles. The van der Waals surface area contributed by atoms with Gasteiger partial charge in [0, 0.05) is 5.02 Å². The lowest BCUT2D eigenvalue weighted by Gasteiger charge is -2.13. The van der Waals surface area contributed by atoms with Crippen LogP contribution in [0.1, 0.15) is 5.56 Å². The maximum absolute atomic E-state index is 12.4. The van der Waals surface area contributed by atoms with E-state index in [1.807, 2.05) is 0 Å². The van der Waals surface area contributed by atoms with E-state index in [0.29, 0.717) is 0 Å². The number of hydrogen-bond donors (Lipinski definition) is 2. The molecule has 0 aliphatic rings. The van der Waals surface area contributed by atoms with E-state index >= 15 is 0 Å². The van der Waals surface area contributed by atoms with Crippen molar-refractivity contribution in [2.45, 2.75) is 11.8 Å². The summed E-state index contributed by atoms with van der Waals surface area (Å²) in [5.74, 6) is 0.00390. The summed E-state index contributed by atoms with van der Waals surface area (Å²) < 4.78 is 32.2. The van der Waals surface area contributed by atoms with Crippen LogP contribution in [-0.4, -0.2) is 20.6 Å². The summed E-state index contributed by atoms with van der Waals surface area (Å²) in [4.78, 5) is -0.0987. The van der Waals surface area contributed by atoms with Gasteiger partial charge in [-0.05, 0) is 42.8 Å². The predicted octanol–water partition coefficient (Wildman–Crippen LogP) is 3.16. The summed E-state index contributed by atoms with van der Waals surface area (Å²) in [7, 11) is -2.57. The van der Waals surface area contributed by atoms with Gasteiger partial charge in [0.1, 0.15) is 16.4 Å². The molecule has 7 heteroatoms. The topological polar surface area (TPSA) is 75.6 Å². The quantitative estimate of drug-likeness (QED) is 0.846. The van der Waals surface area contributed by atoms with Gasteiger partial charge in [0.15, 0.2) is 0 Å². The molecule has 112 valence electrons. The summed E-state index contributed by atoms with van der Waals surface area (Å²) in [5.41, 5.74) is 0.903. The van der Waals surface area contributed by atoms with Gasteiger partial charge in [0.05, 0.1) is 12.8 Å². The summed E-state index contributed by atoms with van der Waals surface area (Å²) in [6.07, 6.45) is 0. The SMILES string of the molecule is COc1ccc(Cl)cc1S(=O)(=O)Nc1cc(C)ccc1O. The summed E-state index contributed by atoms with van der Waals surface area (Å²) in [6, 6.07) is 8.91. The number of nitrogens with one attached hydrogen (secondary N) is 1. The Morgan fingerprint density at radius 2 is 1.90 bits per heavy atom. The van der Waals surface area contributed by atoms with Gasteiger partial charge in [-0.2, -0.15) is 0 Å². The third-order valence-electron chi connectivity index (χ3n) is 2.81. The van der Waals surface area contributed by atoms with Crippen molar-refractivity contribution < 1.29 is 18.3 Å². The number of hydrogen-bond acceptors (Lipinski definition) is 4. The first-order valence-electron chi connectivity index (χ1n) is 5.99. The highest BCUT2D eigenvalue weighted by Gasteiger charge is 2.21. The summed E-state index contributed by atoms with van der Waals surface area (Å²) >= 11 is 5.84. The second kappa shape index (κ2) is 5.83. The second-order valence-corrected chi connectivity index (χ2v) is 6.51. The first-order chi connectivity index (χ1) is 9.83. The lowest BCUT2D eigenvalue weighted by molar-refractivity contribution is 0.403. The Morgan fingerprint density at radius 3 is 2.57 bits per heavy atom. The van der Waals surface area contributed by atoms with Crippen LogP contribution in [0.25, 0.3) is 0 Å². The molecule has 0 radical (unpaired) electrons. The number of benzene rings is 2. The van der Waals surface area contributed by atoms with Gasteiger partial charge < -0.3 is 9.84 Å². The zero-order chi connectivity index (χ0) is 15.6. The van der Waals surface area contributed by atoms with Gasteiger partial charge >= 0.3 is 0 Å². The van der Waals surface area contributed by atoms with Crippen LogP contribution in [0, 0.1) is 6.92 Å². The highest BCUT2D eigenvalue weighted by Crippen LogP contribution is 2.31. The monoisotopic (exact) mass is 327 g/mol. The van der Waals surface area contributed by atoms with Crippen LogP contribution < -0.4 is 9.46 Å². The Bertz CT molecular complexity index is 775. The van der Waals surface area contributed by atoms with Gasteiger partial charge in [0.2, 0.25) is 0 Å². The number of ether oxygens (including phenoxy) is 1. The maximum atomic E-state index is 12.4. The van der Waals surface area contributed by atoms with E-state index in [1.165, 1.54) is 37.4 Å². The number of rotatable bonds is 4. The summed E-state index contributed by atoms with van der Waals surface area (Å²) in [5, 5.41) is 10.0. The minimum absolute atomic E-state index is 0.0945. The van der Waals surface area contributed by atoms with E-state index in [4.69, 9.17) is 16.3 Å². The van der Waals surface area contributed by atoms with Crippen molar-refractivity contribution >= 4 is 27.3 Å². The molecule has 21 heavy (non-hydrogen) atoms. The predicted molar refractivity (Wildman–Crippen MR) is 81.7 cm³/mol. The van der Waals surface area contributed by atoms with Crippen LogP contribution in [0.2, 0.25) is 5.02 Å². The van der Waals surface area contributed by atoms with E-state index < -0.39 is 10.0 Å². The van der Waals surface area contributed by atoms with Crippen LogP contribution in [0.15, 0.2) is 41.3 Å². The molecule has 0 saturated heterocycles. The third kappa shape index (κ3) is 3.40. The van der Waals surface area contributed by atoms with Crippen LogP contribution in [0.4, 0.5) is 5.69 Å². The molecule has 0 heterocycles. The van der Waals surface area contributed by atoms with E-state index in [0.717, 1.165) is 5.56 Å². The molecule has 2 aromatic carbocycles. The Kier molecular flexibility index (Phi) is 4.29. The van der Waals surface area contributed by atoms with Crippen LogP contribution in [0.3, 0.4) is 0 Å². The number of sulfonamides is 1. The zero-order valence-electron chi connectivity index (χ0n) is 11.4. The molecule has 0 atom stereocenters. The summed E-state index contributed by atoms with van der Waals surface area (Å²) in [6.45, 7) is 1.79. The van der Waals surface area contributed by atoms with Crippen molar-refractivity contribution in [3.05, 3.63) is 47.0 Å². The van der Waals surface area contributed by atoms with E-state index in [1.54, 1.807) is 13.0 Å². The highest BCUT2D eigenvalue weighted by molar-refractivity contribution is 7.92. The molecule has 0 amide bonds. The number of phenols is 1. The number of halogens is 1. The molecule has 0 aliphatic carbocycles. The standard InChI is InChI=1S/C14H14ClNO4S/c1-9-3-5-12(17)11(7-9)16-21(18,19)14-8-10(15)4-6-13(14)20-2/h3-8,16-17H,1-2H3. The van der Waals surface area contributed by atoms with Crippen molar-refractivity contribution in [3.8, 4) is 11.5 Å². The molecule has 2 rings (SSSR count). The smallest absolute Gasteiger partial charge is 0.265 e. The van der Waals surface area contributed by atoms with Crippen LogP contribution >= 0.6 is 11.6 Å². The van der Waals surface area contributed by atoms with Crippen molar-refractivity contribution in [1.82, 2.24) is 0 Å². The fourth-order valence-corrected chi connectivity index (χ4v) is 3.29. The minimum Gasteiger partial charge on any atom is -0.506 e. The zero-order valence-corrected chi connectivity index (χ0v) is 13.0. The Hall–Kier alpha value is -1.92. The average molecular weight is 328 g/mol. The fourth-order valence-electron chi connectivity index (χ4n) is 1.79. The van der Waals surface area contributed by atoms with E-state index in [2.05, 4.69) is 4.72 Å². The number of anilines is 1. The van der Waals surface area contributed by atoms with Crippen molar-refractivity contribution in [2.75, 3.05) is 11.8 Å². The Labute approximate surface area is 128 Å². The number of aromatic hydroxyl groups is 1. The van der Waals surface area contributed by atoms with Gasteiger partial charge in [-0.1, -0.05) is 17.7 Å². The third-order valence-corrected chi connectivity index (χ3v) is 4.43. The first-order valence-corrected chi connectivity index (χ1v) is 7.85. The number of methoxy groups -OCH3 is 1. The molecule has 0 spiro atoms. The number of phenolic OH excluding ortho intramolecular Hbond substituents is 1. The molecule has 2 aromatic rings. The number of aryl methyl sites for hydroxylation is 1. The molecular formula is C14H14ClNO4S. The lowest BCUT2D eigenvalue weighted by atomic mass is 10.2. The van der Waals surface area contributed by atoms with E-state index in [-0.39, 0.29) is 27.1 Å². The van der Waals surface area contributed by atoms with Crippen molar-refractivity contribution in [2.24, 2.45) is 0 Å². The molecule has 0 unspecified atom stereocenters. The average Bonchev–Trinajstić information content (AvgIpc) is 2.42. The van der Waals surface area contributed by atoms with Gasteiger partial charge in [0.25, 0.3) is 10.0 Å². The highest BCUT2D eigenvalue weighted by atomic mass is 35.5. The molecule has 5 nitrogen and oxygen atoms in total. The van der Waals surface area contributed by atoms with Crippen molar-refractivity contribution in [1.29, 1.82) is 0 Å². The largest absolute Gasteiger partial charge is 0.506 e. The van der Waals surface area contributed by atoms with Crippen molar-refractivity contribution in [3.63, 3.8) is 0 Å². The molecule has 0 saturated carbocycles. The molecule has 0 bridgehead atoms. The van der Waals surface area contributed by atoms with E-state index in [9.17, 15) is 13.5 Å². The second-order valence-electron chi connectivity index (χ2n) is 4.42. The van der Waals surface area contributed by atoms with Crippen LogP contribution in [0.5, 0.6) is 11.5 Å². The molecular weight excluding hydrogens is 314 g/mol. The molecule has 2 N–H and O–H groups in total. The van der Waals surface area contributed by atoms with Gasteiger partial charge in [-0.15, -0.1) is 0 Å². The Morgan fingerprint density at radius 1 is 1.19 bits per heavy atom. The first kappa shape index (κ1) is 15.5. The van der Waals surface area contributed by atoms with Crippen LogP contribution in [-0.2, 0) is 10.0 Å². The van der Waals surface area contributed by atoms with Gasteiger partial charge in [-0.25, -0.2) is 8.42 Å². The molecule has 0 aliphatic heterocycles. The lowest BCUT2D eigenvalue weighted by Crippen LogP contribution is -2.14. The minimum atomic E-state index is -3.94. The normalized spacial score (nSPS) is 11.2. The Balaban J connectivity index is 2.48.